The third-order valence-corrected chi connectivity index (χ3v) is 2.56. The first-order chi connectivity index (χ1) is 5.12. The van der Waals surface area contributed by atoms with Crippen LogP contribution in [0.2, 0.25) is 0 Å². The van der Waals surface area contributed by atoms with Gasteiger partial charge in [0, 0.05) is 0 Å². The van der Waals surface area contributed by atoms with Gasteiger partial charge in [-0.05, 0) is 13.3 Å². The summed E-state index contributed by atoms with van der Waals surface area (Å²) in [5.74, 6) is 5.41. The molecular weight excluding hydrogens is 162 g/mol. The maximum Gasteiger partial charge on any atom is 0.212 e. The molecule has 4 heteroatoms. The Hall–Kier alpha value is -0.530. The topological polar surface area (TPSA) is 46.2 Å². The number of hydrogen-bond acceptors (Lipinski definition) is 2. The summed E-state index contributed by atoms with van der Waals surface area (Å²) in [5.41, 5.74) is 0. The van der Waals surface area contributed by atoms with Crippen molar-refractivity contribution in [2.45, 2.75) is 20.3 Å². The van der Waals surface area contributed by atoms with Gasteiger partial charge in [-0.1, -0.05) is 12.8 Å². The molecule has 0 rings (SSSR count). The van der Waals surface area contributed by atoms with Crippen molar-refractivity contribution in [3.63, 3.8) is 0 Å². The average molecular weight is 175 g/mol. The smallest absolute Gasteiger partial charge is 0.212 e. The van der Waals surface area contributed by atoms with Crippen LogP contribution in [0.15, 0.2) is 0 Å². The van der Waals surface area contributed by atoms with E-state index in [4.69, 9.17) is 0 Å². The molecule has 64 valence electrons. The van der Waals surface area contributed by atoms with Crippen LogP contribution in [0.25, 0.3) is 0 Å². The molecule has 0 heterocycles. The van der Waals surface area contributed by atoms with Crippen LogP contribution in [-0.2, 0) is 10.0 Å². The Balaban J connectivity index is 3.80. The van der Waals surface area contributed by atoms with Gasteiger partial charge in [-0.15, -0.1) is 5.92 Å². The Morgan fingerprint density at radius 2 is 2.09 bits per heavy atom. The van der Waals surface area contributed by atoms with Crippen LogP contribution < -0.4 is 4.72 Å². The monoisotopic (exact) mass is 175 g/mol. The normalized spacial score (nSPS) is 10.4. The molecule has 0 unspecified atom stereocenters. The van der Waals surface area contributed by atoms with E-state index in [1.165, 1.54) is 0 Å². The van der Waals surface area contributed by atoms with Crippen molar-refractivity contribution in [2.75, 3.05) is 12.3 Å². The van der Waals surface area contributed by atoms with Gasteiger partial charge in [0.05, 0.1) is 12.3 Å². The highest BCUT2D eigenvalue weighted by Crippen LogP contribution is 1.86. The SMILES string of the molecule is CC#CCNS(=O)(=O)CCC. The third kappa shape index (κ3) is 5.89. The first kappa shape index (κ1) is 10.5. The van der Waals surface area contributed by atoms with Crippen LogP contribution in [0.3, 0.4) is 0 Å². The molecule has 0 fully saturated rings. The van der Waals surface area contributed by atoms with Crippen molar-refractivity contribution in [1.29, 1.82) is 0 Å². The highest BCUT2D eigenvalue weighted by Gasteiger charge is 2.04. The van der Waals surface area contributed by atoms with E-state index in [0.717, 1.165) is 0 Å². The van der Waals surface area contributed by atoms with E-state index >= 15 is 0 Å². The highest BCUT2D eigenvalue weighted by atomic mass is 32.2. The molecule has 0 aromatic carbocycles. The molecule has 0 spiro atoms. The Morgan fingerprint density at radius 3 is 2.55 bits per heavy atom. The zero-order valence-electron chi connectivity index (χ0n) is 6.85. The van der Waals surface area contributed by atoms with Crippen molar-refractivity contribution in [1.82, 2.24) is 4.72 Å². The zero-order chi connectivity index (χ0) is 8.74. The van der Waals surface area contributed by atoms with Gasteiger partial charge < -0.3 is 0 Å². The molecule has 0 aromatic rings. The largest absolute Gasteiger partial charge is 0.212 e. The summed E-state index contributed by atoms with van der Waals surface area (Å²) in [6.07, 6.45) is 0.634. The summed E-state index contributed by atoms with van der Waals surface area (Å²) >= 11 is 0. The van der Waals surface area contributed by atoms with E-state index in [-0.39, 0.29) is 12.3 Å². The van der Waals surface area contributed by atoms with E-state index < -0.39 is 10.0 Å². The van der Waals surface area contributed by atoms with Crippen LogP contribution in [-0.4, -0.2) is 20.7 Å². The second-order valence-corrected chi connectivity index (χ2v) is 3.99. The number of sulfonamides is 1. The molecule has 0 saturated carbocycles. The molecule has 0 aliphatic carbocycles. The Bertz CT molecular complexity index is 245. The van der Waals surface area contributed by atoms with Crippen LogP contribution >= 0.6 is 0 Å². The summed E-state index contributed by atoms with van der Waals surface area (Å²) in [6, 6.07) is 0. The minimum atomic E-state index is -3.06. The lowest BCUT2D eigenvalue weighted by Crippen LogP contribution is -2.26. The van der Waals surface area contributed by atoms with Crippen LogP contribution in [0.4, 0.5) is 0 Å². The van der Waals surface area contributed by atoms with Gasteiger partial charge in [-0.2, -0.15) is 0 Å². The fourth-order valence-corrected chi connectivity index (χ4v) is 1.55. The molecule has 0 radical (unpaired) electrons. The van der Waals surface area contributed by atoms with Gasteiger partial charge in [0.2, 0.25) is 10.0 Å². The Labute approximate surface area is 68.2 Å². The maximum absolute atomic E-state index is 10.9. The summed E-state index contributed by atoms with van der Waals surface area (Å²) < 4.78 is 24.2. The van der Waals surface area contributed by atoms with Crippen molar-refractivity contribution in [3.05, 3.63) is 0 Å². The average Bonchev–Trinajstić information content (AvgIpc) is 1.87. The fourth-order valence-electron chi connectivity index (χ4n) is 0.575. The van der Waals surface area contributed by atoms with E-state index in [1.54, 1.807) is 6.92 Å². The molecule has 0 aliphatic rings. The summed E-state index contributed by atoms with van der Waals surface area (Å²) in [6.45, 7) is 3.72. The van der Waals surface area contributed by atoms with E-state index in [0.29, 0.717) is 6.42 Å². The van der Waals surface area contributed by atoms with Crippen LogP contribution in [0.1, 0.15) is 20.3 Å². The quantitative estimate of drug-likeness (QED) is 0.626. The Morgan fingerprint density at radius 1 is 1.45 bits per heavy atom. The molecular formula is C7H13NO2S. The van der Waals surface area contributed by atoms with Gasteiger partial charge >= 0.3 is 0 Å². The first-order valence-electron chi connectivity index (χ1n) is 3.49. The lowest BCUT2D eigenvalue weighted by Gasteiger charge is -1.99. The summed E-state index contributed by atoms with van der Waals surface area (Å²) in [4.78, 5) is 0. The maximum atomic E-state index is 10.9. The molecule has 0 saturated heterocycles. The van der Waals surface area contributed by atoms with E-state index in [9.17, 15) is 8.42 Å². The van der Waals surface area contributed by atoms with Gasteiger partial charge in [0.25, 0.3) is 0 Å². The van der Waals surface area contributed by atoms with E-state index in [2.05, 4.69) is 16.6 Å². The molecule has 0 amide bonds. The van der Waals surface area contributed by atoms with Gasteiger partial charge in [0.1, 0.15) is 0 Å². The molecule has 1 N–H and O–H groups in total. The standard InChI is InChI=1S/C7H13NO2S/c1-3-5-6-8-11(9,10)7-4-2/h8H,4,6-7H2,1-2H3. The fraction of sp³-hybridized carbons (Fsp3) is 0.714. The molecule has 0 aromatic heterocycles. The summed E-state index contributed by atoms with van der Waals surface area (Å²) in [5, 5.41) is 0. The lowest BCUT2D eigenvalue weighted by atomic mass is 10.6. The third-order valence-electron chi connectivity index (χ3n) is 1.03. The zero-order valence-corrected chi connectivity index (χ0v) is 7.66. The van der Waals surface area contributed by atoms with Crippen molar-refractivity contribution in [2.24, 2.45) is 0 Å². The number of hydrogen-bond donors (Lipinski definition) is 1. The van der Waals surface area contributed by atoms with E-state index in [1.807, 2.05) is 6.92 Å². The summed E-state index contributed by atoms with van der Waals surface area (Å²) in [7, 11) is -3.06. The molecule has 0 bridgehead atoms. The van der Waals surface area contributed by atoms with Gasteiger partial charge in [0.15, 0.2) is 0 Å². The number of rotatable bonds is 4. The van der Waals surface area contributed by atoms with Crippen molar-refractivity contribution in [3.8, 4) is 11.8 Å². The lowest BCUT2D eigenvalue weighted by molar-refractivity contribution is 0.584. The van der Waals surface area contributed by atoms with Gasteiger partial charge in [-0.3, -0.25) is 0 Å². The second kappa shape index (κ2) is 5.16. The van der Waals surface area contributed by atoms with Crippen LogP contribution in [0, 0.1) is 11.8 Å². The molecule has 3 nitrogen and oxygen atoms in total. The molecule has 0 atom stereocenters. The molecule has 11 heavy (non-hydrogen) atoms. The minimum absolute atomic E-state index is 0.179. The van der Waals surface area contributed by atoms with Gasteiger partial charge in [-0.25, -0.2) is 13.1 Å². The van der Waals surface area contributed by atoms with Crippen molar-refractivity contribution < 1.29 is 8.42 Å². The predicted molar refractivity (Wildman–Crippen MR) is 45.5 cm³/mol. The predicted octanol–water partition coefficient (Wildman–Crippen LogP) is 0.339. The minimum Gasteiger partial charge on any atom is -0.212 e. The van der Waals surface area contributed by atoms with Crippen LogP contribution in [0.5, 0.6) is 0 Å². The number of nitrogens with one attached hydrogen (secondary N) is 1. The highest BCUT2D eigenvalue weighted by molar-refractivity contribution is 7.89. The second-order valence-electron chi connectivity index (χ2n) is 2.07. The first-order valence-corrected chi connectivity index (χ1v) is 5.14. The Kier molecular flexibility index (Phi) is 4.92. The molecule has 0 aliphatic heterocycles. The van der Waals surface area contributed by atoms with Crippen molar-refractivity contribution >= 4 is 10.0 Å².